The summed E-state index contributed by atoms with van der Waals surface area (Å²) in [6.07, 6.45) is -5.62. The Kier molecular flexibility index (Phi) is 6.87. The maximum atomic E-state index is 14.3. The molecular weight excluding hydrogens is 480 g/mol. The van der Waals surface area contributed by atoms with Crippen LogP contribution in [0.3, 0.4) is 0 Å². The smallest absolute Gasteiger partial charge is 0.431 e. The van der Waals surface area contributed by atoms with Gasteiger partial charge in [0.2, 0.25) is 0 Å². The number of benzene rings is 3. The first-order valence-electron chi connectivity index (χ1n) is 10.9. The molecule has 0 saturated carbocycles. The van der Waals surface area contributed by atoms with Crippen LogP contribution in [-0.4, -0.2) is 36.1 Å². The number of carbonyl (C=O) groups is 1. The first kappa shape index (κ1) is 25.0. The summed E-state index contributed by atoms with van der Waals surface area (Å²) in [6, 6.07) is 14.9. The van der Waals surface area contributed by atoms with Gasteiger partial charge in [-0.1, -0.05) is 6.07 Å². The van der Waals surface area contributed by atoms with E-state index in [-0.39, 0.29) is 5.82 Å². The van der Waals surface area contributed by atoms with Crippen LogP contribution in [0.5, 0.6) is 17.2 Å². The molecule has 1 N–H and O–H groups in total. The van der Waals surface area contributed by atoms with Gasteiger partial charge in [-0.2, -0.15) is 18.3 Å². The normalized spacial score (nSPS) is 15.6. The lowest BCUT2D eigenvalue weighted by Crippen LogP contribution is -2.29. The highest BCUT2D eigenvalue weighted by atomic mass is 19.4. The monoisotopic (exact) mass is 502 g/mol. The molecule has 4 rings (SSSR count). The van der Waals surface area contributed by atoms with E-state index in [1.165, 1.54) is 31.4 Å². The zero-order chi connectivity index (χ0) is 26.0. The van der Waals surface area contributed by atoms with Gasteiger partial charge in [-0.15, -0.1) is 0 Å². The van der Waals surface area contributed by atoms with Crippen molar-refractivity contribution in [3.05, 3.63) is 72.0 Å². The number of hydrazone groups is 1. The van der Waals surface area contributed by atoms with E-state index >= 15 is 0 Å². The lowest BCUT2D eigenvalue weighted by atomic mass is 10.0. The average molecular weight is 502 g/mol. The molecule has 1 aliphatic rings. The Bertz CT molecular complexity index is 1310. The van der Waals surface area contributed by atoms with Gasteiger partial charge in [0.25, 0.3) is 0 Å². The van der Waals surface area contributed by atoms with Crippen LogP contribution in [0.2, 0.25) is 0 Å². The molecule has 10 heteroatoms. The predicted molar refractivity (Wildman–Crippen MR) is 126 cm³/mol. The topological polar surface area (TPSA) is 71.4 Å². The first-order chi connectivity index (χ1) is 17.0. The summed E-state index contributed by atoms with van der Waals surface area (Å²) >= 11 is 0. The largest absolute Gasteiger partial charge is 0.497 e. The van der Waals surface area contributed by atoms with Gasteiger partial charge in [-0.25, -0.2) is 4.39 Å². The van der Waals surface area contributed by atoms with E-state index < -0.39 is 36.7 Å². The molecule has 3 aromatic carbocycles. The van der Waals surface area contributed by atoms with Gasteiger partial charge in [0.05, 0.1) is 25.3 Å². The number of aliphatic carboxylic acids is 1. The van der Waals surface area contributed by atoms with Crippen molar-refractivity contribution in [1.82, 2.24) is 0 Å². The van der Waals surface area contributed by atoms with Gasteiger partial charge in [0.1, 0.15) is 28.8 Å². The second-order valence-electron chi connectivity index (χ2n) is 8.27. The summed E-state index contributed by atoms with van der Waals surface area (Å²) in [5.74, 6) is -0.150. The van der Waals surface area contributed by atoms with Crippen LogP contribution < -0.4 is 14.5 Å². The van der Waals surface area contributed by atoms with Crippen molar-refractivity contribution in [2.75, 3.05) is 12.1 Å². The van der Waals surface area contributed by atoms with Crippen molar-refractivity contribution in [2.45, 2.75) is 32.0 Å². The number of rotatable bonds is 7. The molecule has 0 saturated heterocycles. The Hall–Kier alpha value is -4.08. The maximum absolute atomic E-state index is 14.3. The van der Waals surface area contributed by atoms with E-state index in [2.05, 4.69) is 5.10 Å². The number of methoxy groups -OCH3 is 1. The fourth-order valence-corrected chi connectivity index (χ4v) is 3.94. The van der Waals surface area contributed by atoms with Crippen molar-refractivity contribution in [1.29, 1.82) is 0 Å². The van der Waals surface area contributed by atoms with Gasteiger partial charge in [0.15, 0.2) is 0 Å². The standard InChI is InChI=1S/C26H22F4N2O4/c1-15-11-16(21-14-20(35-2)8-9-22(21)27)3-10-23(15)36-19-6-4-17(5-7-19)32-18(13-25(33)34)12-24(31-32)26(28,29)30/h3-11,14,18H,12-13H2,1-2H3,(H,33,34). The van der Waals surface area contributed by atoms with Crippen molar-refractivity contribution >= 4 is 17.4 Å². The number of anilines is 1. The van der Waals surface area contributed by atoms with Crippen LogP contribution in [0.25, 0.3) is 11.1 Å². The zero-order valence-electron chi connectivity index (χ0n) is 19.3. The molecule has 0 amide bonds. The molecule has 0 aromatic heterocycles. The average Bonchev–Trinajstić information content (AvgIpc) is 3.25. The minimum Gasteiger partial charge on any atom is -0.497 e. The van der Waals surface area contributed by atoms with Crippen LogP contribution in [0.1, 0.15) is 18.4 Å². The Morgan fingerprint density at radius 3 is 2.39 bits per heavy atom. The molecule has 0 aliphatic carbocycles. The lowest BCUT2D eigenvalue weighted by molar-refractivity contribution is -0.137. The molecule has 0 spiro atoms. The highest BCUT2D eigenvalue weighted by molar-refractivity contribution is 5.94. The van der Waals surface area contributed by atoms with Crippen LogP contribution in [0.15, 0.2) is 65.8 Å². The highest BCUT2D eigenvalue weighted by Gasteiger charge is 2.43. The van der Waals surface area contributed by atoms with Gasteiger partial charge in [0, 0.05) is 12.0 Å². The number of nitrogens with zero attached hydrogens (tertiary/aromatic N) is 2. The molecule has 1 aliphatic heterocycles. The quantitative estimate of drug-likeness (QED) is 0.370. The fraction of sp³-hybridized carbons (Fsp3) is 0.231. The Morgan fingerprint density at radius 1 is 1.08 bits per heavy atom. The number of carboxylic acid groups (broad SMARTS) is 1. The van der Waals surface area contributed by atoms with E-state index in [4.69, 9.17) is 14.6 Å². The van der Waals surface area contributed by atoms with Crippen LogP contribution in [0.4, 0.5) is 23.2 Å². The number of ether oxygens (including phenoxy) is 2. The molecule has 3 aromatic rings. The second kappa shape index (κ2) is 9.88. The maximum Gasteiger partial charge on any atom is 0.431 e. The minimum absolute atomic E-state index is 0.313. The molecule has 1 unspecified atom stereocenters. The van der Waals surface area contributed by atoms with E-state index in [9.17, 15) is 22.4 Å². The third-order valence-electron chi connectivity index (χ3n) is 5.73. The molecule has 0 radical (unpaired) electrons. The Balaban J connectivity index is 1.53. The number of hydrogen-bond acceptors (Lipinski definition) is 5. The number of alkyl halides is 3. The van der Waals surface area contributed by atoms with Crippen molar-refractivity contribution < 1.29 is 36.9 Å². The van der Waals surface area contributed by atoms with Crippen LogP contribution in [0, 0.1) is 12.7 Å². The highest BCUT2D eigenvalue weighted by Crippen LogP contribution is 2.35. The number of carboxylic acids is 1. The summed E-state index contributed by atoms with van der Waals surface area (Å²) in [6.45, 7) is 1.80. The second-order valence-corrected chi connectivity index (χ2v) is 8.27. The van der Waals surface area contributed by atoms with Crippen molar-refractivity contribution in [2.24, 2.45) is 5.10 Å². The van der Waals surface area contributed by atoms with Gasteiger partial charge in [-0.05, 0) is 72.6 Å². The van der Waals surface area contributed by atoms with Crippen molar-refractivity contribution in [3.8, 4) is 28.4 Å². The number of aryl methyl sites for hydroxylation is 1. The third kappa shape index (κ3) is 5.42. The van der Waals surface area contributed by atoms with Gasteiger partial charge < -0.3 is 14.6 Å². The summed E-state index contributed by atoms with van der Waals surface area (Å²) in [7, 11) is 1.50. The van der Waals surface area contributed by atoms with Crippen molar-refractivity contribution in [3.63, 3.8) is 0 Å². The molecule has 1 atom stereocenters. The third-order valence-corrected chi connectivity index (χ3v) is 5.73. The zero-order valence-corrected chi connectivity index (χ0v) is 19.3. The molecule has 0 fully saturated rings. The summed E-state index contributed by atoms with van der Waals surface area (Å²) < 4.78 is 64.9. The van der Waals surface area contributed by atoms with E-state index in [1.54, 1.807) is 43.3 Å². The molecule has 1 heterocycles. The SMILES string of the molecule is COc1ccc(F)c(-c2ccc(Oc3ccc(N4N=C(C(F)(F)F)CC4CC(=O)O)cc3)c(C)c2)c1. The van der Waals surface area contributed by atoms with E-state index in [0.717, 1.165) is 10.6 Å². The van der Waals surface area contributed by atoms with E-state index in [0.29, 0.717) is 34.1 Å². The van der Waals surface area contributed by atoms with Gasteiger partial charge >= 0.3 is 12.1 Å². The van der Waals surface area contributed by atoms with Gasteiger partial charge in [-0.3, -0.25) is 9.80 Å². The summed E-state index contributed by atoms with van der Waals surface area (Å²) in [5, 5.41) is 13.8. The first-order valence-corrected chi connectivity index (χ1v) is 10.9. The lowest BCUT2D eigenvalue weighted by Gasteiger charge is -2.22. The number of halogens is 4. The molecule has 6 nitrogen and oxygen atoms in total. The van der Waals surface area contributed by atoms with Crippen LogP contribution in [-0.2, 0) is 4.79 Å². The molecule has 0 bridgehead atoms. The fourth-order valence-electron chi connectivity index (χ4n) is 3.94. The summed E-state index contributed by atoms with van der Waals surface area (Å²) in [5.41, 5.74) is 1.06. The molecule has 36 heavy (non-hydrogen) atoms. The molecular formula is C26H22F4N2O4. The Labute approximate surface area is 204 Å². The summed E-state index contributed by atoms with van der Waals surface area (Å²) in [4.78, 5) is 11.1. The number of hydrogen-bond donors (Lipinski definition) is 1. The van der Waals surface area contributed by atoms with Crippen LogP contribution >= 0.6 is 0 Å². The predicted octanol–water partition coefficient (Wildman–Crippen LogP) is 6.57. The molecule has 188 valence electrons. The Morgan fingerprint density at radius 2 is 1.78 bits per heavy atom. The minimum atomic E-state index is -4.63. The van der Waals surface area contributed by atoms with E-state index in [1.807, 2.05) is 0 Å².